The smallest absolute Gasteiger partial charge is 0.311 e. The summed E-state index contributed by atoms with van der Waals surface area (Å²) in [5.74, 6) is -1.83. The predicted molar refractivity (Wildman–Crippen MR) is 80.8 cm³/mol. The van der Waals surface area contributed by atoms with Gasteiger partial charge in [-0.3, -0.25) is 0 Å². The number of aliphatic hydroxyl groups is 1. The lowest BCUT2D eigenvalue weighted by Gasteiger charge is -2.28. The van der Waals surface area contributed by atoms with Crippen LogP contribution in [0.2, 0.25) is 0 Å². The van der Waals surface area contributed by atoms with Gasteiger partial charge in [-0.2, -0.15) is 14.4 Å². The second kappa shape index (κ2) is 5.88. The van der Waals surface area contributed by atoms with Gasteiger partial charge in [0, 0.05) is 11.9 Å². The molecule has 23 heavy (non-hydrogen) atoms. The van der Waals surface area contributed by atoms with Crippen molar-refractivity contribution < 1.29 is 23.0 Å². The van der Waals surface area contributed by atoms with Gasteiger partial charge in [-0.15, -0.1) is 0 Å². The molecule has 1 unspecified atom stereocenters. The fraction of sp³-hybridized carbons (Fsp3) is 0.429. The minimum absolute atomic E-state index is 0.0172. The maximum Gasteiger partial charge on any atom is 0.311 e. The SMILES string of the molecule is CC1(O)COCCN(c2nc(F)nc3c(F)c(Br)c(F)cc23)C1. The number of rotatable bonds is 1. The summed E-state index contributed by atoms with van der Waals surface area (Å²) >= 11 is 2.77. The van der Waals surface area contributed by atoms with Gasteiger partial charge in [0.25, 0.3) is 0 Å². The van der Waals surface area contributed by atoms with Gasteiger partial charge in [0.2, 0.25) is 0 Å². The fourth-order valence-electron chi connectivity index (χ4n) is 2.55. The number of halogens is 4. The molecular weight excluding hydrogens is 379 g/mol. The first-order chi connectivity index (χ1) is 10.8. The predicted octanol–water partition coefficient (Wildman–Crippen LogP) is 2.40. The van der Waals surface area contributed by atoms with Gasteiger partial charge in [-0.05, 0) is 28.9 Å². The molecule has 1 aromatic carbocycles. The van der Waals surface area contributed by atoms with Crippen LogP contribution in [0.15, 0.2) is 10.5 Å². The Balaban J connectivity index is 2.20. The van der Waals surface area contributed by atoms with Gasteiger partial charge in [0.1, 0.15) is 22.8 Å². The van der Waals surface area contributed by atoms with Crippen LogP contribution in [0, 0.1) is 17.7 Å². The Morgan fingerprint density at radius 2 is 2.09 bits per heavy atom. The summed E-state index contributed by atoms with van der Waals surface area (Å²) in [6.45, 7) is 2.30. The van der Waals surface area contributed by atoms with E-state index in [1.54, 1.807) is 6.92 Å². The Morgan fingerprint density at radius 1 is 1.35 bits per heavy atom. The molecule has 1 fully saturated rings. The van der Waals surface area contributed by atoms with E-state index in [2.05, 4.69) is 25.9 Å². The highest BCUT2D eigenvalue weighted by Crippen LogP contribution is 2.32. The van der Waals surface area contributed by atoms with E-state index in [4.69, 9.17) is 4.74 Å². The van der Waals surface area contributed by atoms with Crippen LogP contribution in [0.4, 0.5) is 19.0 Å². The van der Waals surface area contributed by atoms with E-state index >= 15 is 0 Å². The van der Waals surface area contributed by atoms with E-state index in [0.29, 0.717) is 6.54 Å². The second-order valence-electron chi connectivity index (χ2n) is 5.67. The standard InChI is InChI=1S/C14H13BrF3N3O2/c1-14(22)5-21(2-3-23-6-14)12-7-4-8(16)9(15)10(17)11(7)19-13(18)20-12/h4,22H,2-3,5-6H2,1H3. The van der Waals surface area contributed by atoms with Gasteiger partial charge in [-0.1, -0.05) is 0 Å². The molecule has 1 N–H and O–H groups in total. The van der Waals surface area contributed by atoms with Crippen LogP contribution >= 0.6 is 15.9 Å². The minimum atomic E-state index is -1.20. The van der Waals surface area contributed by atoms with Crippen molar-refractivity contribution in [2.45, 2.75) is 12.5 Å². The summed E-state index contributed by atoms with van der Waals surface area (Å²) in [7, 11) is 0. The van der Waals surface area contributed by atoms with Gasteiger partial charge in [0.15, 0.2) is 5.82 Å². The molecule has 0 bridgehead atoms. The molecular formula is C14H13BrF3N3O2. The molecule has 1 aromatic heterocycles. The largest absolute Gasteiger partial charge is 0.386 e. The molecule has 1 aliphatic rings. The molecule has 1 aliphatic heterocycles. The van der Waals surface area contributed by atoms with E-state index in [-0.39, 0.29) is 36.5 Å². The van der Waals surface area contributed by atoms with E-state index in [1.165, 1.54) is 4.90 Å². The third kappa shape index (κ3) is 3.13. The van der Waals surface area contributed by atoms with Crippen molar-refractivity contribution in [3.05, 3.63) is 28.3 Å². The van der Waals surface area contributed by atoms with Crippen molar-refractivity contribution >= 4 is 32.7 Å². The quantitative estimate of drug-likeness (QED) is 0.597. The molecule has 0 aliphatic carbocycles. The average molecular weight is 392 g/mol. The lowest BCUT2D eigenvalue weighted by Crippen LogP contribution is -2.42. The monoisotopic (exact) mass is 391 g/mol. The highest BCUT2D eigenvalue weighted by Gasteiger charge is 2.30. The molecule has 2 aromatic rings. The average Bonchev–Trinajstić information content (AvgIpc) is 2.66. The number of anilines is 1. The molecule has 9 heteroatoms. The summed E-state index contributed by atoms with van der Waals surface area (Å²) in [6, 6.07) is 1.04. The Hall–Kier alpha value is -1.45. The third-order valence-corrected chi connectivity index (χ3v) is 4.26. The van der Waals surface area contributed by atoms with Crippen LogP contribution < -0.4 is 4.90 Å². The summed E-state index contributed by atoms with van der Waals surface area (Å²) < 4.78 is 46.7. The topological polar surface area (TPSA) is 58.5 Å². The third-order valence-electron chi connectivity index (χ3n) is 3.53. The molecule has 0 amide bonds. The van der Waals surface area contributed by atoms with E-state index < -0.39 is 27.8 Å². The zero-order valence-electron chi connectivity index (χ0n) is 12.1. The van der Waals surface area contributed by atoms with Crippen molar-refractivity contribution in [1.29, 1.82) is 0 Å². The first-order valence-corrected chi connectivity index (χ1v) is 7.63. The number of benzene rings is 1. The maximum atomic E-state index is 14.2. The number of nitrogens with zero attached hydrogens (tertiary/aromatic N) is 3. The molecule has 1 saturated heterocycles. The first kappa shape index (κ1) is 16.4. The van der Waals surface area contributed by atoms with Gasteiger partial charge in [-0.25, -0.2) is 8.78 Å². The van der Waals surface area contributed by atoms with Crippen molar-refractivity contribution in [3.63, 3.8) is 0 Å². The number of β-amino-alcohol motifs (C(OH)–C–C–N with tert-alkyl or cyclic N) is 1. The van der Waals surface area contributed by atoms with Crippen LogP contribution in [-0.4, -0.2) is 47.0 Å². The fourth-order valence-corrected chi connectivity index (χ4v) is 2.86. The molecule has 124 valence electrons. The van der Waals surface area contributed by atoms with Crippen LogP contribution in [0.3, 0.4) is 0 Å². The van der Waals surface area contributed by atoms with Gasteiger partial charge >= 0.3 is 6.08 Å². The van der Waals surface area contributed by atoms with E-state index in [0.717, 1.165) is 6.07 Å². The highest BCUT2D eigenvalue weighted by atomic mass is 79.9. The summed E-state index contributed by atoms with van der Waals surface area (Å²) in [4.78, 5) is 8.63. The summed E-state index contributed by atoms with van der Waals surface area (Å²) in [6.07, 6.45) is -1.13. The van der Waals surface area contributed by atoms with Gasteiger partial charge < -0.3 is 14.7 Å². The van der Waals surface area contributed by atoms with Crippen LogP contribution in [-0.2, 0) is 4.74 Å². The lowest BCUT2D eigenvalue weighted by molar-refractivity contribution is -0.0123. The van der Waals surface area contributed by atoms with Crippen LogP contribution in [0.5, 0.6) is 0 Å². The molecule has 1 atom stereocenters. The molecule has 5 nitrogen and oxygen atoms in total. The van der Waals surface area contributed by atoms with Crippen molar-refractivity contribution in [3.8, 4) is 0 Å². The molecule has 0 radical (unpaired) electrons. The number of hydrogen-bond acceptors (Lipinski definition) is 5. The van der Waals surface area contributed by atoms with Crippen molar-refractivity contribution in [2.24, 2.45) is 0 Å². The Bertz CT molecular complexity index is 773. The van der Waals surface area contributed by atoms with Crippen molar-refractivity contribution in [1.82, 2.24) is 9.97 Å². The van der Waals surface area contributed by atoms with Crippen LogP contribution in [0.1, 0.15) is 6.92 Å². The van der Waals surface area contributed by atoms with Gasteiger partial charge in [0.05, 0.1) is 24.2 Å². The second-order valence-corrected chi connectivity index (χ2v) is 6.46. The number of hydrogen-bond donors (Lipinski definition) is 1. The van der Waals surface area contributed by atoms with E-state index in [1.807, 2.05) is 0 Å². The summed E-state index contributed by atoms with van der Waals surface area (Å²) in [5, 5.41) is 10.3. The highest BCUT2D eigenvalue weighted by molar-refractivity contribution is 9.10. The zero-order chi connectivity index (χ0) is 16.8. The first-order valence-electron chi connectivity index (χ1n) is 6.84. The van der Waals surface area contributed by atoms with Crippen LogP contribution in [0.25, 0.3) is 10.9 Å². The number of fused-ring (bicyclic) bond motifs is 1. The Kier molecular flexibility index (Phi) is 4.19. The maximum absolute atomic E-state index is 14.2. The molecule has 3 rings (SSSR count). The summed E-state index contributed by atoms with van der Waals surface area (Å²) in [5.41, 5.74) is -1.53. The minimum Gasteiger partial charge on any atom is -0.386 e. The zero-order valence-corrected chi connectivity index (χ0v) is 13.7. The number of aromatic nitrogens is 2. The molecule has 2 heterocycles. The number of ether oxygens (including phenoxy) is 1. The van der Waals surface area contributed by atoms with E-state index in [9.17, 15) is 18.3 Å². The Morgan fingerprint density at radius 3 is 2.83 bits per heavy atom. The molecule has 0 spiro atoms. The molecule has 0 saturated carbocycles. The lowest BCUT2D eigenvalue weighted by atomic mass is 10.1. The normalized spacial score (nSPS) is 22.4. The Labute approximate surface area is 138 Å². The van der Waals surface area contributed by atoms with Crippen molar-refractivity contribution in [2.75, 3.05) is 31.2 Å².